The first kappa shape index (κ1) is 31.3. The molecule has 0 amide bonds. The van der Waals surface area contributed by atoms with Crippen LogP contribution in [0.2, 0.25) is 0 Å². The van der Waals surface area contributed by atoms with Gasteiger partial charge < -0.3 is 9.47 Å². The van der Waals surface area contributed by atoms with Crippen LogP contribution < -0.4 is 9.80 Å². The summed E-state index contributed by atoms with van der Waals surface area (Å²) >= 11 is 11.7. The van der Waals surface area contributed by atoms with Crippen molar-refractivity contribution >= 4 is 46.2 Å². The van der Waals surface area contributed by atoms with Crippen LogP contribution >= 0.6 is 24.4 Å². The van der Waals surface area contributed by atoms with E-state index in [-0.39, 0.29) is 0 Å². The van der Waals surface area contributed by atoms with Crippen molar-refractivity contribution in [2.24, 2.45) is 0 Å². The largest absolute Gasteiger partial charge is 0.471 e. The molecule has 0 unspecified atom stereocenters. The van der Waals surface area contributed by atoms with Crippen LogP contribution in [0, 0.1) is 0 Å². The quantitative estimate of drug-likeness (QED) is 0.148. The second-order valence-corrected chi connectivity index (χ2v) is 11.2. The molecule has 0 spiro atoms. The molecule has 0 atom stereocenters. The molecular weight excluding hydrogens is 521 g/mol. The minimum atomic E-state index is 0.458. The van der Waals surface area contributed by atoms with Crippen LogP contribution in [0.25, 0.3) is 11.1 Å². The molecule has 1 heterocycles. The van der Waals surface area contributed by atoms with Gasteiger partial charge in [0.25, 0.3) is 10.3 Å². The van der Waals surface area contributed by atoms with E-state index in [9.17, 15) is 0 Å². The molecule has 214 valence electrons. The molecule has 0 aromatic heterocycles. The molecule has 0 N–H and O–H groups in total. The van der Waals surface area contributed by atoms with E-state index in [4.69, 9.17) is 33.9 Å². The summed E-state index contributed by atoms with van der Waals surface area (Å²) in [5, 5.41) is 0.974. The summed E-state index contributed by atoms with van der Waals surface area (Å²) in [6, 6.07) is 16.8. The first-order valence-corrected chi connectivity index (χ1v) is 16.1. The highest BCUT2D eigenvalue weighted by atomic mass is 32.1. The van der Waals surface area contributed by atoms with Gasteiger partial charge >= 0.3 is 0 Å². The SMILES string of the molecule is CCCCCCCCCOC(=S)N1CN(C(=S)OCCCCCCCCC)c2ccccc2-c2ccccc21. The number of para-hydroxylation sites is 2. The van der Waals surface area contributed by atoms with Crippen molar-refractivity contribution in [2.45, 2.75) is 104 Å². The number of nitrogens with zero attached hydrogens (tertiary/aromatic N) is 2. The maximum absolute atomic E-state index is 6.15. The average Bonchev–Trinajstić information content (AvgIpc) is 3.11. The molecule has 0 aliphatic carbocycles. The van der Waals surface area contributed by atoms with Gasteiger partial charge in [-0.2, -0.15) is 0 Å². The minimum Gasteiger partial charge on any atom is -0.471 e. The molecule has 2 aromatic rings. The summed E-state index contributed by atoms with van der Waals surface area (Å²) in [6.45, 7) is 6.24. The van der Waals surface area contributed by atoms with Crippen molar-refractivity contribution < 1.29 is 9.47 Å². The van der Waals surface area contributed by atoms with Gasteiger partial charge in [-0.3, -0.25) is 9.80 Å². The Morgan fingerprint density at radius 2 is 0.923 bits per heavy atom. The van der Waals surface area contributed by atoms with E-state index in [1.54, 1.807) is 0 Å². The summed E-state index contributed by atoms with van der Waals surface area (Å²) in [6.07, 6.45) is 17.4. The molecule has 0 radical (unpaired) electrons. The van der Waals surface area contributed by atoms with Crippen LogP contribution in [0.3, 0.4) is 0 Å². The first-order valence-electron chi connectivity index (χ1n) is 15.2. The summed E-state index contributed by atoms with van der Waals surface area (Å²) in [4.78, 5) is 4.13. The Labute approximate surface area is 248 Å². The fourth-order valence-corrected chi connectivity index (χ4v) is 5.55. The number of fused-ring (bicyclic) bond motifs is 3. The number of rotatable bonds is 16. The third-order valence-corrected chi connectivity index (χ3v) is 8.03. The molecule has 6 heteroatoms. The zero-order valence-corrected chi connectivity index (χ0v) is 25.8. The maximum Gasteiger partial charge on any atom is 0.265 e. The van der Waals surface area contributed by atoms with Gasteiger partial charge in [-0.15, -0.1) is 0 Å². The summed E-state index contributed by atoms with van der Waals surface area (Å²) < 4.78 is 12.3. The number of benzene rings is 2. The minimum absolute atomic E-state index is 0.458. The van der Waals surface area contributed by atoms with E-state index in [1.807, 2.05) is 0 Å². The molecule has 0 bridgehead atoms. The first-order chi connectivity index (χ1) is 19.2. The number of thiocarbonyl (C=S) groups is 2. The third kappa shape index (κ3) is 10.1. The molecule has 3 rings (SSSR count). The summed E-state index contributed by atoms with van der Waals surface area (Å²) in [5.41, 5.74) is 4.30. The van der Waals surface area contributed by atoms with Gasteiger partial charge in [0.15, 0.2) is 0 Å². The highest BCUT2D eigenvalue weighted by Gasteiger charge is 2.29. The van der Waals surface area contributed by atoms with Gasteiger partial charge in [0, 0.05) is 11.1 Å². The standard InChI is InChI=1S/C33H48N2O2S2/c1-3-5-7-9-11-13-19-25-36-32(38)34-27-35(33(39)37-26-20-14-12-10-8-6-4-2)31-24-18-16-22-29(31)28-21-15-17-23-30(28)34/h15-18,21-24H,3-14,19-20,25-27H2,1-2H3. The average molecular weight is 569 g/mol. The molecule has 0 fully saturated rings. The highest BCUT2D eigenvalue weighted by molar-refractivity contribution is 7.80. The molecule has 0 saturated carbocycles. The van der Waals surface area contributed by atoms with E-state index in [2.05, 4.69) is 72.2 Å². The lowest BCUT2D eigenvalue weighted by atomic mass is 10.0. The van der Waals surface area contributed by atoms with Gasteiger partial charge in [0.2, 0.25) is 0 Å². The van der Waals surface area contributed by atoms with Crippen molar-refractivity contribution in [3.05, 3.63) is 48.5 Å². The van der Waals surface area contributed by atoms with Crippen molar-refractivity contribution in [1.82, 2.24) is 0 Å². The van der Waals surface area contributed by atoms with Crippen molar-refractivity contribution in [1.29, 1.82) is 0 Å². The van der Waals surface area contributed by atoms with E-state index in [0.29, 0.717) is 30.2 Å². The summed E-state index contributed by atoms with van der Waals surface area (Å²) in [5.74, 6) is 0. The second-order valence-electron chi connectivity index (χ2n) is 10.5. The zero-order chi connectivity index (χ0) is 27.7. The Hall–Kier alpha value is -2.18. The molecule has 1 aliphatic rings. The van der Waals surface area contributed by atoms with Crippen molar-refractivity contribution in [3.8, 4) is 11.1 Å². The molecule has 0 saturated heterocycles. The van der Waals surface area contributed by atoms with Crippen LogP contribution in [-0.4, -0.2) is 30.2 Å². The Bertz CT molecular complexity index is 933. The van der Waals surface area contributed by atoms with Crippen molar-refractivity contribution in [2.75, 3.05) is 29.7 Å². The summed E-state index contributed by atoms with van der Waals surface area (Å²) in [7, 11) is 0. The van der Waals surface area contributed by atoms with E-state index < -0.39 is 0 Å². The van der Waals surface area contributed by atoms with Crippen LogP contribution in [0.1, 0.15) is 104 Å². The topological polar surface area (TPSA) is 24.9 Å². The number of ether oxygens (including phenoxy) is 2. The lowest BCUT2D eigenvalue weighted by Crippen LogP contribution is -2.44. The monoisotopic (exact) mass is 568 g/mol. The van der Waals surface area contributed by atoms with E-state index >= 15 is 0 Å². The van der Waals surface area contributed by atoms with Gasteiger partial charge in [-0.1, -0.05) is 127 Å². The lowest BCUT2D eigenvalue weighted by Gasteiger charge is -2.31. The number of unbranched alkanes of at least 4 members (excludes halogenated alkanes) is 12. The van der Waals surface area contributed by atoms with Crippen LogP contribution in [0.5, 0.6) is 0 Å². The Kier molecular flexibility index (Phi) is 14.6. The zero-order valence-electron chi connectivity index (χ0n) is 24.2. The van der Waals surface area contributed by atoms with Crippen LogP contribution in [-0.2, 0) is 9.47 Å². The third-order valence-electron chi connectivity index (χ3n) is 7.35. The van der Waals surface area contributed by atoms with Gasteiger partial charge in [0.1, 0.15) is 6.67 Å². The second kappa shape index (κ2) is 18.2. The predicted octanol–water partition coefficient (Wildman–Crippen LogP) is 10.0. The van der Waals surface area contributed by atoms with Gasteiger partial charge in [-0.05, 0) is 49.4 Å². The molecule has 4 nitrogen and oxygen atoms in total. The van der Waals surface area contributed by atoms with Crippen LogP contribution in [0.15, 0.2) is 48.5 Å². The van der Waals surface area contributed by atoms with Crippen molar-refractivity contribution in [3.63, 3.8) is 0 Å². The van der Waals surface area contributed by atoms with Gasteiger partial charge in [-0.25, -0.2) is 0 Å². The van der Waals surface area contributed by atoms with E-state index in [1.165, 1.54) is 77.0 Å². The molecule has 2 aromatic carbocycles. The fraction of sp³-hybridized carbons (Fsp3) is 0.576. The molecular formula is C33H48N2O2S2. The Morgan fingerprint density at radius 1 is 0.564 bits per heavy atom. The van der Waals surface area contributed by atoms with Crippen LogP contribution in [0.4, 0.5) is 11.4 Å². The predicted molar refractivity (Wildman–Crippen MR) is 175 cm³/mol. The number of hydrogen-bond acceptors (Lipinski definition) is 4. The normalized spacial score (nSPS) is 12.5. The smallest absolute Gasteiger partial charge is 0.265 e. The Balaban J connectivity index is 1.63. The maximum atomic E-state index is 6.15. The number of hydrogen-bond donors (Lipinski definition) is 0. The van der Waals surface area contributed by atoms with E-state index in [0.717, 1.165) is 35.3 Å². The molecule has 39 heavy (non-hydrogen) atoms. The number of anilines is 2. The molecule has 1 aliphatic heterocycles. The lowest BCUT2D eigenvalue weighted by molar-refractivity contribution is 0.288. The Morgan fingerprint density at radius 3 is 1.33 bits per heavy atom. The van der Waals surface area contributed by atoms with Gasteiger partial charge in [0.05, 0.1) is 24.6 Å². The fourth-order valence-electron chi connectivity index (χ4n) is 5.07. The highest BCUT2D eigenvalue weighted by Crippen LogP contribution is 2.41.